The molecule has 1 heterocycles. The summed E-state index contributed by atoms with van der Waals surface area (Å²) in [5, 5.41) is 14.6. The first-order valence-electron chi connectivity index (χ1n) is 11.2. The quantitative estimate of drug-likeness (QED) is 0.441. The van der Waals surface area contributed by atoms with Gasteiger partial charge in [-0.15, -0.1) is 10.2 Å². The first-order valence-corrected chi connectivity index (χ1v) is 12.2. The molecule has 0 spiro atoms. The van der Waals surface area contributed by atoms with Crippen molar-refractivity contribution in [1.82, 2.24) is 25.0 Å². The van der Waals surface area contributed by atoms with Gasteiger partial charge in [0.15, 0.2) is 11.0 Å². The van der Waals surface area contributed by atoms with Crippen LogP contribution in [0.1, 0.15) is 41.9 Å². The summed E-state index contributed by atoms with van der Waals surface area (Å²) < 4.78 is 2.05. The lowest BCUT2D eigenvalue weighted by Crippen LogP contribution is -2.35. The second kappa shape index (κ2) is 11.8. The van der Waals surface area contributed by atoms with Gasteiger partial charge in [0.2, 0.25) is 5.91 Å². The summed E-state index contributed by atoms with van der Waals surface area (Å²) in [6.07, 6.45) is 0.879. The summed E-state index contributed by atoms with van der Waals surface area (Å²) >= 11 is 1.27. The number of amides is 3. The minimum Gasteiger partial charge on any atom is -0.307 e. The number of urea groups is 1. The van der Waals surface area contributed by atoms with E-state index in [1.54, 1.807) is 0 Å². The van der Waals surface area contributed by atoms with E-state index in [4.69, 9.17) is 0 Å². The number of thioether (sulfide) groups is 1. The lowest BCUT2D eigenvalue weighted by molar-refractivity contribution is -0.117. The zero-order valence-corrected chi connectivity index (χ0v) is 21.1. The van der Waals surface area contributed by atoms with Crippen LogP contribution < -0.4 is 10.6 Å². The molecule has 0 aliphatic rings. The summed E-state index contributed by atoms with van der Waals surface area (Å²) in [7, 11) is 4.04. The summed E-state index contributed by atoms with van der Waals surface area (Å²) in [6, 6.07) is 15.3. The number of carbonyl (C=O) groups is 2. The highest BCUT2D eigenvalue weighted by Gasteiger charge is 2.23. The summed E-state index contributed by atoms with van der Waals surface area (Å²) in [5.41, 5.74) is 3.83. The Hall–Kier alpha value is -3.17. The lowest BCUT2D eigenvalue weighted by Gasteiger charge is -2.23. The van der Waals surface area contributed by atoms with Gasteiger partial charge in [-0.25, -0.2) is 4.79 Å². The molecule has 1 unspecified atom stereocenters. The van der Waals surface area contributed by atoms with E-state index in [0.717, 1.165) is 28.9 Å². The first-order chi connectivity index (χ1) is 16.3. The second-order valence-electron chi connectivity index (χ2n) is 8.34. The number of anilines is 1. The Bertz CT molecular complexity index is 1130. The van der Waals surface area contributed by atoms with Gasteiger partial charge in [0.1, 0.15) is 0 Å². The molecule has 0 aliphatic heterocycles. The van der Waals surface area contributed by atoms with Crippen LogP contribution in [0.15, 0.2) is 53.7 Å². The molecule has 3 amide bonds. The number of rotatable bonds is 9. The molecule has 8 nitrogen and oxygen atoms in total. The monoisotopic (exact) mass is 480 g/mol. The molecule has 9 heteroatoms. The molecule has 180 valence electrons. The van der Waals surface area contributed by atoms with Crippen molar-refractivity contribution in [3.05, 3.63) is 71.0 Å². The standard InChI is InChI=1S/C25H32N6O2S/c1-6-21(30(4)5)23-28-29-25(31(23)15-19-12-8-7-9-13-19)34-16-22(32)27-24(33)26-20-14-10-11-17(2)18(20)3/h7-14,21H,6,15-16H2,1-5H3,(H2,26,27,32,33). The van der Waals surface area contributed by atoms with Gasteiger partial charge >= 0.3 is 6.03 Å². The predicted octanol–water partition coefficient (Wildman–Crippen LogP) is 4.40. The molecule has 0 bridgehead atoms. The van der Waals surface area contributed by atoms with E-state index in [1.165, 1.54) is 11.8 Å². The normalized spacial score (nSPS) is 11.9. The molecule has 34 heavy (non-hydrogen) atoms. The summed E-state index contributed by atoms with van der Waals surface area (Å²) in [4.78, 5) is 26.9. The van der Waals surface area contributed by atoms with Crippen LogP contribution in [0.5, 0.6) is 0 Å². The minimum absolute atomic E-state index is 0.0475. The molecular formula is C25H32N6O2S. The van der Waals surface area contributed by atoms with E-state index < -0.39 is 11.9 Å². The number of hydrogen-bond donors (Lipinski definition) is 2. The summed E-state index contributed by atoms with van der Waals surface area (Å²) in [5.74, 6) is 0.501. The fraction of sp³-hybridized carbons (Fsp3) is 0.360. The first kappa shape index (κ1) is 25.5. The van der Waals surface area contributed by atoms with Crippen LogP contribution in [-0.4, -0.2) is 51.5 Å². The van der Waals surface area contributed by atoms with Crippen molar-refractivity contribution in [2.24, 2.45) is 0 Å². The fourth-order valence-electron chi connectivity index (χ4n) is 3.68. The van der Waals surface area contributed by atoms with E-state index in [1.807, 2.05) is 64.3 Å². The van der Waals surface area contributed by atoms with Gasteiger partial charge in [-0.1, -0.05) is 61.2 Å². The Kier molecular flexibility index (Phi) is 8.84. The number of carbonyl (C=O) groups excluding carboxylic acids is 2. The minimum atomic E-state index is -0.551. The highest BCUT2D eigenvalue weighted by atomic mass is 32.2. The van der Waals surface area contributed by atoms with Crippen molar-refractivity contribution >= 4 is 29.4 Å². The second-order valence-corrected chi connectivity index (χ2v) is 9.28. The van der Waals surface area contributed by atoms with E-state index in [-0.39, 0.29) is 11.8 Å². The van der Waals surface area contributed by atoms with Crippen LogP contribution in [-0.2, 0) is 11.3 Å². The Labute approximate surface area is 205 Å². The predicted molar refractivity (Wildman–Crippen MR) is 136 cm³/mol. The lowest BCUT2D eigenvalue weighted by atomic mass is 10.1. The Morgan fingerprint density at radius 1 is 1.06 bits per heavy atom. The average molecular weight is 481 g/mol. The molecule has 3 rings (SSSR count). The summed E-state index contributed by atoms with van der Waals surface area (Å²) in [6.45, 7) is 6.61. The van der Waals surface area contributed by atoms with Crippen LogP contribution in [0.25, 0.3) is 0 Å². The van der Waals surface area contributed by atoms with E-state index >= 15 is 0 Å². The number of aryl methyl sites for hydroxylation is 1. The van der Waals surface area contributed by atoms with Crippen molar-refractivity contribution in [2.75, 3.05) is 25.2 Å². The number of nitrogens with one attached hydrogen (secondary N) is 2. The van der Waals surface area contributed by atoms with Crippen molar-refractivity contribution < 1.29 is 9.59 Å². The molecule has 1 aromatic heterocycles. The number of aromatic nitrogens is 3. The maximum absolute atomic E-state index is 12.5. The van der Waals surface area contributed by atoms with Crippen molar-refractivity contribution in [3.8, 4) is 0 Å². The molecule has 3 aromatic rings. The maximum Gasteiger partial charge on any atom is 0.325 e. The fourth-order valence-corrected chi connectivity index (χ4v) is 4.42. The average Bonchev–Trinajstić information content (AvgIpc) is 3.18. The third kappa shape index (κ3) is 6.45. The van der Waals surface area contributed by atoms with Crippen LogP contribution in [0.2, 0.25) is 0 Å². The molecule has 0 aliphatic carbocycles. The highest BCUT2D eigenvalue weighted by Crippen LogP contribution is 2.26. The Morgan fingerprint density at radius 3 is 2.47 bits per heavy atom. The molecule has 0 fully saturated rings. The third-order valence-electron chi connectivity index (χ3n) is 5.68. The van der Waals surface area contributed by atoms with Gasteiger partial charge in [-0.05, 0) is 57.1 Å². The van der Waals surface area contributed by atoms with Gasteiger partial charge in [-0.3, -0.25) is 15.0 Å². The third-order valence-corrected chi connectivity index (χ3v) is 6.64. The van der Waals surface area contributed by atoms with Gasteiger partial charge in [-0.2, -0.15) is 0 Å². The van der Waals surface area contributed by atoms with E-state index in [9.17, 15) is 9.59 Å². The molecule has 2 N–H and O–H groups in total. The SMILES string of the molecule is CCC(c1nnc(SCC(=O)NC(=O)Nc2cccc(C)c2C)n1Cc1ccccc1)N(C)C. The van der Waals surface area contributed by atoms with Crippen LogP contribution in [0.4, 0.5) is 10.5 Å². The molecule has 0 saturated carbocycles. The van der Waals surface area contributed by atoms with Crippen LogP contribution in [0.3, 0.4) is 0 Å². The molecule has 0 saturated heterocycles. The topological polar surface area (TPSA) is 92.1 Å². The van der Waals surface area contributed by atoms with Crippen molar-refractivity contribution in [3.63, 3.8) is 0 Å². The number of benzene rings is 2. The van der Waals surface area contributed by atoms with Crippen LogP contribution in [0, 0.1) is 13.8 Å². The number of imide groups is 1. The molecule has 0 radical (unpaired) electrons. The Balaban J connectivity index is 1.69. The molecular weight excluding hydrogens is 448 g/mol. The zero-order valence-electron chi connectivity index (χ0n) is 20.3. The van der Waals surface area contributed by atoms with E-state index in [2.05, 4.69) is 49.4 Å². The van der Waals surface area contributed by atoms with Crippen molar-refractivity contribution in [1.29, 1.82) is 0 Å². The van der Waals surface area contributed by atoms with E-state index in [0.29, 0.717) is 17.4 Å². The van der Waals surface area contributed by atoms with Crippen molar-refractivity contribution in [2.45, 2.75) is 44.9 Å². The smallest absolute Gasteiger partial charge is 0.307 e. The zero-order chi connectivity index (χ0) is 24.7. The van der Waals surface area contributed by atoms with Gasteiger partial charge in [0, 0.05) is 5.69 Å². The maximum atomic E-state index is 12.5. The highest BCUT2D eigenvalue weighted by molar-refractivity contribution is 7.99. The number of hydrogen-bond acceptors (Lipinski definition) is 6. The van der Waals surface area contributed by atoms with Gasteiger partial charge in [0.05, 0.1) is 18.3 Å². The molecule has 1 atom stereocenters. The van der Waals surface area contributed by atoms with Crippen LogP contribution >= 0.6 is 11.8 Å². The number of nitrogens with zero attached hydrogens (tertiary/aromatic N) is 4. The largest absolute Gasteiger partial charge is 0.325 e. The molecule has 2 aromatic carbocycles. The Morgan fingerprint density at radius 2 is 1.79 bits per heavy atom. The van der Waals surface area contributed by atoms with Gasteiger partial charge in [0.25, 0.3) is 0 Å². The van der Waals surface area contributed by atoms with Gasteiger partial charge < -0.3 is 9.88 Å².